The summed E-state index contributed by atoms with van der Waals surface area (Å²) in [5, 5.41) is 15.8. The van der Waals surface area contributed by atoms with Crippen LogP contribution in [0.25, 0.3) is 10.4 Å². The lowest BCUT2D eigenvalue weighted by atomic mass is 9.78. The predicted molar refractivity (Wildman–Crippen MR) is 58.0 cm³/mol. The molecule has 1 aliphatic carbocycles. The van der Waals surface area contributed by atoms with Crippen LogP contribution >= 0.6 is 0 Å². The smallest absolute Gasteiger partial charge is 0.106 e. The monoisotopic (exact) mass is 207 g/mol. The number of nitriles is 1. The molecule has 0 radical (unpaired) electrons. The quantitative estimate of drug-likeness (QED) is 0.332. The van der Waals surface area contributed by atoms with Gasteiger partial charge in [0.25, 0.3) is 0 Å². The summed E-state index contributed by atoms with van der Waals surface area (Å²) in [6.45, 7) is 3.22. The van der Waals surface area contributed by atoms with Crippen molar-refractivity contribution in [2.45, 2.75) is 38.1 Å². The molecule has 5 nitrogen and oxygen atoms in total. The Kier molecular flexibility index (Phi) is 4.41. The first-order valence-electron chi connectivity index (χ1n) is 5.39. The summed E-state index contributed by atoms with van der Waals surface area (Å²) in [5.41, 5.74) is 7.75. The standard InChI is InChI=1S/C10H17N5/c1-9-2-4-10(8-11,5-3-9)13-6-7-14-15-12/h9,13H,2-7H2,1H3. The molecular weight excluding hydrogens is 190 g/mol. The van der Waals surface area contributed by atoms with E-state index in [0.717, 1.165) is 31.6 Å². The Morgan fingerprint density at radius 2 is 2.27 bits per heavy atom. The van der Waals surface area contributed by atoms with Crippen LogP contribution in [0.1, 0.15) is 32.6 Å². The summed E-state index contributed by atoms with van der Waals surface area (Å²) in [6, 6.07) is 2.37. The number of nitrogens with zero attached hydrogens (tertiary/aromatic N) is 4. The van der Waals surface area contributed by atoms with Gasteiger partial charge in [-0.3, -0.25) is 5.32 Å². The van der Waals surface area contributed by atoms with E-state index in [1.165, 1.54) is 0 Å². The molecule has 1 N–H and O–H groups in total. The maximum atomic E-state index is 9.17. The minimum atomic E-state index is -0.377. The van der Waals surface area contributed by atoms with Crippen molar-refractivity contribution in [3.05, 3.63) is 10.4 Å². The van der Waals surface area contributed by atoms with Crippen molar-refractivity contribution in [2.75, 3.05) is 13.1 Å². The summed E-state index contributed by atoms with van der Waals surface area (Å²) in [4.78, 5) is 2.68. The highest BCUT2D eigenvalue weighted by Crippen LogP contribution is 2.31. The van der Waals surface area contributed by atoms with Crippen molar-refractivity contribution in [1.29, 1.82) is 5.26 Å². The van der Waals surface area contributed by atoms with Gasteiger partial charge in [-0.05, 0) is 37.1 Å². The fourth-order valence-corrected chi connectivity index (χ4v) is 1.97. The van der Waals surface area contributed by atoms with E-state index < -0.39 is 0 Å². The first-order chi connectivity index (χ1) is 7.22. The highest BCUT2D eigenvalue weighted by Gasteiger charge is 2.33. The van der Waals surface area contributed by atoms with Gasteiger partial charge in [0, 0.05) is 18.0 Å². The Labute approximate surface area is 90.1 Å². The normalized spacial score (nSPS) is 30.3. The van der Waals surface area contributed by atoms with Gasteiger partial charge in [0.05, 0.1) is 6.07 Å². The number of nitrogens with one attached hydrogen (secondary N) is 1. The molecule has 0 amide bonds. The highest BCUT2D eigenvalue weighted by molar-refractivity contribution is 5.08. The lowest BCUT2D eigenvalue weighted by molar-refractivity contribution is 0.251. The van der Waals surface area contributed by atoms with Crippen LogP contribution in [0.15, 0.2) is 5.11 Å². The number of rotatable bonds is 4. The molecule has 0 spiro atoms. The van der Waals surface area contributed by atoms with Crippen molar-refractivity contribution in [3.63, 3.8) is 0 Å². The molecule has 0 aromatic heterocycles. The van der Waals surface area contributed by atoms with Gasteiger partial charge in [-0.2, -0.15) is 5.26 Å². The molecule has 0 bridgehead atoms. The van der Waals surface area contributed by atoms with Gasteiger partial charge in [-0.1, -0.05) is 12.0 Å². The van der Waals surface area contributed by atoms with Gasteiger partial charge in [0.15, 0.2) is 0 Å². The van der Waals surface area contributed by atoms with Crippen LogP contribution in [0.5, 0.6) is 0 Å². The van der Waals surface area contributed by atoms with Crippen LogP contribution < -0.4 is 5.32 Å². The molecule has 0 heterocycles. The summed E-state index contributed by atoms with van der Waals surface area (Å²) in [6.07, 6.45) is 4.01. The molecular formula is C10H17N5. The molecule has 1 aliphatic rings. The van der Waals surface area contributed by atoms with Gasteiger partial charge >= 0.3 is 0 Å². The van der Waals surface area contributed by atoms with Gasteiger partial charge < -0.3 is 0 Å². The van der Waals surface area contributed by atoms with Gasteiger partial charge in [-0.25, -0.2) is 0 Å². The van der Waals surface area contributed by atoms with Crippen LogP contribution in [-0.2, 0) is 0 Å². The summed E-state index contributed by atoms with van der Waals surface area (Å²) in [7, 11) is 0. The fraction of sp³-hybridized carbons (Fsp3) is 0.900. The third-order valence-electron chi connectivity index (χ3n) is 3.08. The maximum Gasteiger partial charge on any atom is 0.106 e. The van der Waals surface area contributed by atoms with Crippen molar-refractivity contribution >= 4 is 0 Å². The van der Waals surface area contributed by atoms with E-state index in [9.17, 15) is 0 Å². The lowest BCUT2D eigenvalue weighted by Crippen LogP contribution is -2.47. The average molecular weight is 207 g/mol. The van der Waals surface area contributed by atoms with E-state index in [4.69, 9.17) is 10.8 Å². The largest absolute Gasteiger partial charge is 0.299 e. The molecule has 1 fully saturated rings. The van der Waals surface area contributed by atoms with E-state index in [0.29, 0.717) is 13.1 Å². The fourth-order valence-electron chi connectivity index (χ4n) is 1.97. The third kappa shape index (κ3) is 3.43. The molecule has 0 saturated heterocycles. The minimum Gasteiger partial charge on any atom is -0.299 e. The van der Waals surface area contributed by atoms with Crippen LogP contribution in [0.3, 0.4) is 0 Å². The summed E-state index contributed by atoms with van der Waals surface area (Å²) >= 11 is 0. The highest BCUT2D eigenvalue weighted by atomic mass is 15.1. The zero-order valence-electron chi connectivity index (χ0n) is 9.11. The Morgan fingerprint density at radius 3 is 2.80 bits per heavy atom. The van der Waals surface area contributed by atoms with Crippen molar-refractivity contribution in [1.82, 2.24) is 5.32 Å². The first kappa shape index (κ1) is 11.8. The van der Waals surface area contributed by atoms with E-state index in [1.807, 2.05) is 0 Å². The van der Waals surface area contributed by atoms with E-state index in [2.05, 4.69) is 28.3 Å². The minimum absolute atomic E-state index is 0.377. The Morgan fingerprint density at radius 1 is 1.60 bits per heavy atom. The molecule has 82 valence electrons. The second kappa shape index (κ2) is 5.59. The zero-order valence-corrected chi connectivity index (χ0v) is 9.11. The molecule has 0 atom stereocenters. The van der Waals surface area contributed by atoms with Crippen molar-refractivity contribution in [3.8, 4) is 6.07 Å². The van der Waals surface area contributed by atoms with Crippen LogP contribution in [0.4, 0.5) is 0 Å². The molecule has 0 aromatic rings. The van der Waals surface area contributed by atoms with Crippen LogP contribution in [0.2, 0.25) is 0 Å². The zero-order chi connectivity index (χ0) is 11.1. The average Bonchev–Trinajstić information content (AvgIpc) is 2.28. The first-order valence-corrected chi connectivity index (χ1v) is 5.39. The SMILES string of the molecule is CC1CCC(C#N)(NCCN=[N+]=[N-])CC1. The number of hydrogen-bond donors (Lipinski definition) is 1. The Bertz CT molecular complexity index is 279. The molecule has 1 saturated carbocycles. The van der Waals surface area contributed by atoms with Crippen molar-refractivity contribution < 1.29 is 0 Å². The van der Waals surface area contributed by atoms with Gasteiger partial charge in [0.1, 0.15) is 5.54 Å². The van der Waals surface area contributed by atoms with Gasteiger partial charge in [0.2, 0.25) is 0 Å². The number of hydrogen-bond acceptors (Lipinski definition) is 3. The Balaban J connectivity index is 2.40. The number of azide groups is 1. The molecule has 15 heavy (non-hydrogen) atoms. The van der Waals surface area contributed by atoms with Gasteiger partial charge in [-0.15, -0.1) is 0 Å². The molecule has 1 rings (SSSR count). The van der Waals surface area contributed by atoms with Crippen LogP contribution in [-0.4, -0.2) is 18.6 Å². The van der Waals surface area contributed by atoms with Crippen molar-refractivity contribution in [2.24, 2.45) is 11.0 Å². The lowest BCUT2D eigenvalue weighted by Gasteiger charge is -2.34. The second-order valence-corrected chi connectivity index (χ2v) is 4.26. The summed E-state index contributed by atoms with van der Waals surface area (Å²) in [5.74, 6) is 0.727. The Hall–Kier alpha value is -1.24. The summed E-state index contributed by atoms with van der Waals surface area (Å²) < 4.78 is 0. The second-order valence-electron chi connectivity index (χ2n) is 4.26. The molecule has 0 aliphatic heterocycles. The predicted octanol–water partition coefficient (Wildman–Crippen LogP) is 2.36. The third-order valence-corrected chi connectivity index (χ3v) is 3.08. The molecule has 0 aromatic carbocycles. The molecule has 5 heteroatoms. The van der Waals surface area contributed by atoms with E-state index >= 15 is 0 Å². The maximum absolute atomic E-state index is 9.17. The van der Waals surface area contributed by atoms with E-state index in [-0.39, 0.29) is 5.54 Å². The van der Waals surface area contributed by atoms with E-state index in [1.54, 1.807) is 0 Å². The molecule has 0 unspecified atom stereocenters. The topological polar surface area (TPSA) is 84.6 Å². The van der Waals surface area contributed by atoms with Crippen LogP contribution in [0, 0.1) is 17.2 Å².